The maximum Gasteiger partial charge on any atom is 0.296 e. The SMILES string of the molecule is COc1nc(O)c(C(=N)C(=O)C(=O)N(C)C)cc1C(=O)N1CCCN(Cc2ccc(F)cc2)CC1. The van der Waals surface area contributed by atoms with Crippen molar-refractivity contribution in [1.82, 2.24) is 19.7 Å². The van der Waals surface area contributed by atoms with Gasteiger partial charge >= 0.3 is 0 Å². The number of nitrogens with one attached hydrogen (secondary N) is 1. The van der Waals surface area contributed by atoms with E-state index in [1.165, 1.54) is 33.3 Å². The van der Waals surface area contributed by atoms with Gasteiger partial charge in [-0.2, -0.15) is 4.98 Å². The van der Waals surface area contributed by atoms with Crippen molar-refractivity contribution in [1.29, 1.82) is 5.41 Å². The second-order valence-corrected chi connectivity index (χ2v) is 8.37. The first kappa shape index (κ1) is 25.8. The summed E-state index contributed by atoms with van der Waals surface area (Å²) in [7, 11) is 4.03. The van der Waals surface area contributed by atoms with Gasteiger partial charge in [0.25, 0.3) is 17.6 Å². The van der Waals surface area contributed by atoms with E-state index in [1.54, 1.807) is 17.0 Å². The van der Waals surface area contributed by atoms with Gasteiger partial charge in [-0.15, -0.1) is 0 Å². The summed E-state index contributed by atoms with van der Waals surface area (Å²) in [5, 5.41) is 18.4. The highest BCUT2D eigenvalue weighted by Gasteiger charge is 2.29. The Bertz CT molecular complexity index is 1140. The molecule has 1 aliphatic rings. The van der Waals surface area contributed by atoms with Gasteiger partial charge in [0.2, 0.25) is 11.8 Å². The number of nitrogens with zero attached hydrogens (tertiary/aromatic N) is 4. The largest absolute Gasteiger partial charge is 0.493 e. The van der Waals surface area contributed by atoms with Gasteiger partial charge in [-0.3, -0.25) is 24.7 Å². The lowest BCUT2D eigenvalue weighted by Crippen LogP contribution is -2.36. The Kier molecular flexibility index (Phi) is 8.13. The first-order valence-corrected chi connectivity index (χ1v) is 11.0. The monoisotopic (exact) mass is 485 g/mol. The summed E-state index contributed by atoms with van der Waals surface area (Å²) in [6.45, 7) is 2.79. The molecule has 0 aliphatic carbocycles. The van der Waals surface area contributed by atoms with Crippen molar-refractivity contribution in [3.05, 3.63) is 52.8 Å². The fraction of sp³-hybridized carbons (Fsp3) is 0.375. The van der Waals surface area contributed by atoms with E-state index in [1.807, 2.05) is 0 Å². The van der Waals surface area contributed by atoms with Crippen molar-refractivity contribution >= 4 is 23.3 Å². The molecule has 11 heteroatoms. The van der Waals surface area contributed by atoms with Crippen LogP contribution in [0.15, 0.2) is 30.3 Å². The molecular weight excluding hydrogens is 457 g/mol. The standard InChI is InChI=1S/C24H28FN5O5/c1-28(2)24(34)20(31)19(26)17-13-18(22(35-3)27-21(17)32)23(33)30-10-4-9-29(11-12-30)14-15-5-7-16(25)8-6-15/h5-8,13,26H,4,9-12,14H2,1-3H3,(H,27,32). The Morgan fingerprint density at radius 1 is 1.11 bits per heavy atom. The number of likely N-dealkylation sites (N-methyl/N-ethyl adjacent to an activating group) is 1. The van der Waals surface area contributed by atoms with E-state index in [0.29, 0.717) is 32.6 Å². The van der Waals surface area contributed by atoms with Crippen LogP contribution in [0.1, 0.15) is 27.9 Å². The highest BCUT2D eigenvalue weighted by Crippen LogP contribution is 2.26. The molecule has 2 N–H and O–H groups in total. The molecule has 3 rings (SSSR count). The molecule has 186 valence electrons. The maximum absolute atomic E-state index is 13.4. The fourth-order valence-electron chi connectivity index (χ4n) is 3.76. The highest BCUT2D eigenvalue weighted by atomic mass is 19.1. The normalized spacial score (nSPS) is 14.2. The Morgan fingerprint density at radius 2 is 1.80 bits per heavy atom. The molecule has 2 aromatic rings. The Morgan fingerprint density at radius 3 is 2.43 bits per heavy atom. The number of hydrogen-bond acceptors (Lipinski definition) is 8. The highest BCUT2D eigenvalue weighted by molar-refractivity contribution is 6.67. The number of methoxy groups -OCH3 is 1. The number of halogens is 1. The molecule has 1 aromatic heterocycles. The number of aromatic hydroxyl groups is 1. The van der Waals surface area contributed by atoms with Crippen LogP contribution in [-0.4, -0.2) is 95.5 Å². The van der Waals surface area contributed by atoms with Crippen LogP contribution in [0.5, 0.6) is 11.8 Å². The Balaban J connectivity index is 1.79. The van der Waals surface area contributed by atoms with E-state index in [-0.39, 0.29) is 22.8 Å². The summed E-state index contributed by atoms with van der Waals surface area (Å²) in [4.78, 5) is 46.3. The van der Waals surface area contributed by atoms with Crippen LogP contribution in [0, 0.1) is 11.2 Å². The second-order valence-electron chi connectivity index (χ2n) is 8.37. The van der Waals surface area contributed by atoms with Crippen LogP contribution in [0.2, 0.25) is 0 Å². The van der Waals surface area contributed by atoms with E-state index >= 15 is 0 Å². The maximum atomic E-state index is 13.4. The van der Waals surface area contributed by atoms with Crippen LogP contribution >= 0.6 is 0 Å². The molecule has 1 fully saturated rings. The lowest BCUT2D eigenvalue weighted by molar-refractivity contribution is -0.139. The van der Waals surface area contributed by atoms with Crippen LogP contribution < -0.4 is 4.74 Å². The first-order chi connectivity index (χ1) is 16.6. The average Bonchev–Trinajstić information content (AvgIpc) is 3.08. The van der Waals surface area contributed by atoms with E-state index in [2.05, 4.69) is 9.88 Å². The lowest BCUT2D eigenvalue weighted by Gasteiger charge is -2.23. The van der Waals surface area contributed by atoms with Gasteiger partial charge in [0, 0.05) is 46.8 Å². The number of Topliss-reactive ketones (excluding diaryl/α,β-unsaturated/α-hetero) is 1. The predicted molar refractivity (Wildman–Crippen MR) is 125 cm³/mol. The Hall–Kier alpha value is -3.86. The zero-order valence-electron chi connectivity index (χ0n) is 19.9. The molecule has 2 heterocycles. The molecule has 0 bridgehead atoms. The number of pyridine rings is 1. The van der Waals surface area contributed by atoms with Gasteiger partial charge in [-0.05, 0) is 30.2 Å². The number of ketones is 1. The van der Waals surface area contributed by atoms with Gasteiger partial charge in [-0.1, -0.05) is 12.1 Å². The summed E-state index contributed by atoms with van der Waals surface area (Å²) in [5.74, 6) is -3.64. The predicted octanol–water partition coefficient (Wildman–Crippen LogP) is 1.31. The molecule has 0 saturated carbocycles. The first-order valence-electron chi connectivity index (χ1n) is 11.0. The summed E-state index contributed by atoms with van der Waals surface area (Å²) in [6.07, 6.45) is 0.694. The van der Waals surface area contributed by atoms with Gasteiger partial charge in [0.15, 0.2) is 0 Å². The van der Waals surface area contributed by atoms with Crippen molar-refractivity contribution in [2.45, 2.75) is 13.0 Å². The zero-order chi connectivity index (χ0) is 25.7. The number of hydrogen-bond donors (Lipinski definition) is 2. The summed E-state index contributed by atoms with van der Waals surface area (Å²) in [5.41, 5.74) is -0.160. The summed E-state index contributed by atoms with van der Waals surface area (Å²) in [6, 6.07) is 7.45. The Labute approximate surface area is 202 Å². The molecule has 35 heavy (non-hydrogen) atoms. The topological polar surface area (TPSA) is 127 Å². The van der Waals surface area contributed by atoms with Crippen LogP contribution in [0.25, 0.3) is 0 Å². The molecule has 0 atom stereocenters. The zero-order valence-corrected chi connectivity index (χ0v) is 19.9. The van der Waals surface area contributed by atoms with Crippen molar-refractivity contribution in [3.8, 4) is 11.8 Å². The van der Waals surface area contributed by atoms with Gasteiger partial charge < -0.3 is 19.6 Å². The van der Waals surface area contributed by atoms with Crippen molar-refractivity contribution in [2.24, 2.45) is 0 Å². The van der Waals surface area contributed by atoms with E-state index in [4.69, 9.17) is 10.1 Å². The fourth-order valence-corrected chi connectivity index (χ4v) is 3.76. The van der Waals surface area contributed by atoms with E-state index in [0.717, 1.165) is 23.1 Å². The minimum Gasteiger partial charge on any atom is -0.493 e. The molecule has 0 spiro atoms. The van der Waals surface area contributed by atoms with Crippen LogP contribution in [-0.2, 0) is 16.1 Å². The molecule has 0 unspecified atom stereocenters. The number of carbonyl (C=O) groups excluding carboxylic acids is 3. The number of rotatable bonds is 7. The average molecular weight is 486 g/mol. The van der Waals surface area contributed by atoms with E-state index < -0.39 is 29.2 Å². The quantitative estimate of drug-likeness (QED) is 0.447. The number of amides is 2. The number of carbonyl (C=O) groups is 3. The van der Waals surface area contributed by atoms with E-state index in [9.17, 15) is 23.9 Å². The molecular formula is C24H28FN5O5. The summed E-state index contributed by atoms with van der Waals surface area (Å²) >= 11 is 0. The molecule has 0 radical (unpaired) electrons. The number of benzene rings is 1. The molecule has 1 aliphatic heterocycles. The molecule has 1 saturated heterocycles. The third-order valence-corrected chi connectivity index (χ3v) is 5.68. The minimum atomic E-state index is -1.14. The van der Waals surface area contributed by atoms with Gasteiger partial charge in [0.05, 0.1) is 12.7 Å². The van der Waals surface area contributed by atoms with Crippen molar-refractivity contribution in [3.63, 3.8) is 0 Å². The number of aromatic nitrogens is 1. The van der Waals surface area contributed by atoms with Crippen molar-refractivity contribution in [2.75, 3.05) is 47.4 Å². The number of ether oxygens (including phenoxy) is 1. The molecule has 10 nitrogen and oxygen atoms in total. The van der Waals surface area contributed by atoms with Crippen LogP contribution in [0.3, 0.4) is 0 Å². The smallest absolute Gasteiger partial charge is 0.296 e. The minimum absolute atomic E-state index is 0.0258. The second kappa shape index (κ2) is 11.0. The molecule has 1 aromatic carbocycles. The van der Waals surface area contributed by atoms with Crippen LogP contribution in [0.4, 0.5) is 4.39 Å². The van der Waals surface area contributed by atoms with Gasteiger partial charge in [-0.25, -0.2) is 4.39 Å². The van der Waals surface area contributed by atoms with Crippen molar-refractivity contribution < 1.29 is 28.6 Å². The summed E-state index contributed by atoms with van der Waals surface area (Å²) < 4.78 is 18.3. The van der Waals surface area contributed by atoms with Gasteiger partial charge in [0.1, 0.15) is 17.1 Å². The molecule has 2 amide bonds. The third-order valence-electron chi connectivity index (χ3n) is 5.68. The lowest BCUT2D eigenvalue weighted by atomic mass is 10.0. The third kappa shape index (κ3) is 5.99.